The van der Waals surface area contributed by atoms with Crippen molar-refractivity contribution in [2.24, 2.45) is 0 Å². The number of para-hydroxylation sites is 1. The zero-order valence-electron chi connectivity index (χ0n) is 14.2. The van der Waals surface area contributed by atoms with Gasteiger partial charge in [0.1, 0.15) is 12.0 Å². The number of unbranched alkanes of at least 4 members (excludes halogenated alkanes) is 8. The molecule has 0 radical (unpaired) electrons. The van der Waals surface area contributed by atoms with E-state index in [4.69, 9.17) is 4.74 Å². The van der Waals surface area contributed by atoms with Crippen LogP contribution in [0.15, 0.2) is 24.3 Å². The van der Waals surface area contributed by atoms with Crippen LogP contribution >= 0.6 is 0 Å². The molecule has 0 saturated carbocycles. The van der Waals surface area contributed by atoms with Gasteiger partial charge < -0.3 is 9.53 Å². The van der Waals surface area contributed by atoms with Gasteiger partial charge in [0.25, 0.3) is 0 Å². The maximum absolute atomic E-state index is 10.5. The van der Waals surface area contributed by atoms with Crippen molar-refractivity contribution in [2.45, 2.75) is 77.6 Å². The molecule has 0 aromatic heterocycles. The maximum Gasteiger partial charge on any atom is 0.122 e. The Morgan fingerprint density at radius 2 is 1.55 bits per heavy atom. The standard InChI is InChI=1S/C20H32O2/c1-2-3-4-5-6-7-8-9-12-18-22-20-16-11-10-14-19(20)15-13-17-21/h10-11,14,16-17H,2-9,12-13,15,18H2,1H3. The van der Waals surface area contributed by atoms with Crippen LogP contribution in [0.4, 0.5) is 0 Å². The van der Waals surface area contributed by atoms with Gasteiger partial charge in [-0.2, -0.15) is 0 Å². The molecule has 0 unspecified atom stereocenters. The van der Waals surface area contributed by atoms with E-state index in [1.165, 1.54) is 51.4 Å². The van der Waals surface area contributed by atoms with Crippen molar-refractivity contribution in [1.29, 1.82) is 0 Å². The number of hydrogen-bond acceptors (Lipinski definition) is 2. The van der Waals surface area contributed by atoms with Gasteiger partial charge in [-0.25, -0.2) is 0 Å². The summed E-state index contributed by atoms with van der Waals surface area (Å²) in [5.41, 5.74) is 1.14. The minimum atomic E-state index is 0.568. The van der Waals surface area contributed by atoms with E-state index < -0.39 is 0 Å². The summed E-state index contributed by atoms with van der Waals surface area (Å²) in [6, 6.07) is 8.06. The lowest BCUT2D eigenvalue weighted by Crippen LogP contribution is -2.00. The van der Waals surface area contributed by atoms with E-state index in [2.05, 4.69) is 13.0 Å². The summed E-state index contributed by atoms with van der Waals surface area (Å²) >= 11 is 0. The number of ether oxygens (including phenoxy) is 1. The Morgan fingerprint density at radius 1 is 0.909 bits per heavy atom. The highest BCUT2D eigenvalue weighted by molar-refractivity contribution is 5.50. The lowest BCUT2D eigenvalue weighted by atomic mass is 10.1. The van der Waals surface area contributed by atoms with E-state index in [9.17, 15) is 4.79 Å². The van der Waals surface area contributed by atoms with Crippen molar-refractivity contribution >= 4 is 6.29 Å². The second-order valence-corrected chi connectivity index (χ2v) is 5.99. The summed E-state index contributed by atoms with van der Waals surface area (Å²) in [7, 11) is 0. The van der Waals surface area contributed by atoms with Crippen molar-refractivity contribution in [3.05, 3.63) is 29.8 Å². The molecule has 1 aromatic carbocycles. The molecule has 2 heteroatoms. The fourth-order valence-electron chi connectivity index (χ4n) is 2.66. The first-order chi connectivity index (χ1) is 10.9. The largest absolute Gasteiger partial charge is 0.493 e. The van der Waals surface area contributed by atoms with Crippen LogP contribution in [0.2, 0.25) is 0 Å². The Labute approximate surface area is 136 Å². The van der Waals surface area contributed by atoms with Crippen molar-refractivity contribution in [3.63, 3.8) is 0 Å². The van der Waals surface area contributed by atoms with Gasteiger partial charge in [-0.3, -0.25) is 0 Å². The molecule has 0 aliphatic carbocycles. The van der Waals surface area contributed by atoms with E-state index in [1.54, 1.807) is 0 Å². The summed E-state index contributed by atoms with van der Waals surface area (Å²) in [5, 5.41) is 0. The first-order valence-electron chi connectivity index (χ1n) is 9.02. The molecule has 0 N–H and O–H groups in total. The average Bonchev–Trinajstić information content (AvgIpc) is 2.55. The van der Waals surface area contributed by atoms with Crippen LogP contribution in [-0.2, 0) is 11.2 Å². The highest BCUT2D eigenvalue weighted by atomic mass is 16.5. The number of benzene rings is 1. The quantitative estimate of drug-likeness (QED) is 0.324. The average molecular weight is 304 g/mol. The van der Waals surface area contributed by atoms with Crippen molar-refractivity contribution in [2.75, 3.05) is 6.61 Å². The van der Waals surface area contributed by atoms with E-state index in [1.807, 2.05) is 18.2 Å². The Hall–Kier alpha value is -1.31. The van der Waals surface area contributed by atoms with Crippen LogP contribution in [0.1, 0.15) is 76.7 Å². The zero-order chi connectivity index (χ0) is 15.9. The molecule has 0 atom stereocenters. The highest BCUT2D eigenvalue weighted by Crippen LogP contribution is 2.19. The molecular formula is C20H32O2. The smallest absolute Gasteiger partial charge is 0.122 e. The van der Waals surface area contributed by atoms with Gasteiger partial charge in [0.2, 0.25) is 0 Å². The minimum Gasteiger partial charge on any atom is -0.493 e. The molecule has 0 amide bonds. The normalized spacial score (nSPS) is 10.6. The molecule has 1 aromatic rings. The summed E-state index contributed by atoms with van der Waals surface area (Å²) in [6.45, 7) is 3.05. The van der Waals surface area contributed by atoms with Gasteiger partial charge in [0, 0.05) is 6.42 Å². The van der Waals surface area contributed by atoms with Crippen molar-refractivity contribution in [1.82, 2.24) is 0 Å². The molecule has 124 valence electrons. The Kier molecular flexibility index (Phi) is 11.4. The third-order valence-corrected chi connectivity index (χ3v) is 4.01. The fraction of sp³-hybridized carbons (Fsp3) is 0.650. The number of carbonyl (C=O) groups is 1. The number of aldehydes is 1. The lowest BCUT2D eigenvalue weighted by molar-refractivity contribution is -0.107. The molecule has 22 heavy (non-hydrogen) atoms. The summed E-state index contributed by atoms with van der Waals surface area (Å²) in [5.74, 6) is 0.948. The van der Waals surface area contributed by atoms with Crippen LogP contribution in [-0.4, -0.2) is 12.9 Å². The summed E-state index contributed by atoms with van der Waals surface area (Å²) in [6.07, 6.45) is 14.3. The van der Waals surface area contributed by atoms with E-state index in [0.717, 1.165) is 37.0 Å². The van der Waals surface area contributed by atoms with Gasteiger partial charge in [0.15, 0.2) is 0 Å². The van der Waals surface area contributed by atoms with Gasteiger partial charge in [-0.15, -0.1) is 0 Å². The van der Waals surface area contributed by atoms with Crippen molar-refractivity contribution < 1.29 is 9.53 Å². The summed E-state index contributed by atoms with van der Waals surface area (Å²) in [4.78, 5) is 10.5. The predicted octanol–water partition coefficient (Wildman–Crippen LogP) is 5.73. The Bertz CT molecular complexity index is 387. The predicted molar refractivity (Wildman–Crippen MR) is 93.5 cm³/mol. The molecule has 0 spiro atoms. The Balaban J connectivity index is 2.06. The topological polar surface area (TPSA) is 26.3 Å². The van der Waals surface area contributed by atoms with Gasteiger partial charge in [0.05, 0.1) is 6.61 Å². The third kappa shape index (κ3) is 8.86. The molecule has 0 saturated heterocycles. The van der Waals surface area contributed by atoms with Crippen LogP contribution in [0.3, 0.4) is 0 Å². The highest BCUT2D eigenvalue weighted by Gasteiger charge is 2.02. The number of carbonyl (C=O) groups excluding carboxylic acids is 1. The molecule has 0 bridgehead atoms. The Morgan fingerprint density at radius 3 is 2.23 bits per heavy atom. The second kappa shape index (κ2) is 13.4. The van der Waals surface area contributed by atoms with E-state index in [0.29, 0.717) is 6.42 Å². The van der Waals surface area contributed by atoms with Crippen LogP contribution in [0.5, 0.6) is 5.75 Å². The molecule has 0 fully saturated rings. The molecule has 2 nitrogen and oxygen atoms in total. The molecule has 1 rings (SSSR count). The van der Waals surface area contributed by atoms with Crippen LogP contribution in [0.25, 0.3) is 0 Å². The van der Waals surface area contributed by atoms with Crippen LogP contribution < -0.4 is 4.74 Å². The number of aryl methyl sites for hydroxylation is 1. The van der Waals surface area contributed by atoms with Crippen LogP contribution in [0, 0.1) is 0 Å². The maximum atomic E-state index is 10.5. The van der Waals surface area contributed by atoms with Gasteiger partial charge in [-0.1, -0.05) is 76.5 Å². The number of rotatable bonds is 14. The third-order valence-electron chi connectivity index (χ3n) is 4.01. The molecule has 0 aliphatic heterocycles. The van der Waals surface area contributed by atoms with E-state index >= 15 is 0 Å². The monoisotopic (exact) mass is 304 g/mol. The SMILES string of the molecule is CCCCCCCCCCCOc1ccccc1CCC=O. The number of hydrogen-bond donors (Lipinski definition) is 0. The first-order valence-corrected chi connectivity index (χ1v) is 9.02. The molecular weight excluding hydrogens is 272 g/mol. The second-order valence-electron chi connectivity index (χ2n) is 5.99. The van der Waals surface area contributed by atoms with Gasteiger partial charge in [-0.05, 0) is 24.5 Å². The fourth-order valence-corrected chi connectivity index (χ4v) is 2.66. The summed E-state index contributed by atoms with van der Waals surface area (Å²) < 4.78 is 5.88. The van der Waals surface area contributed by atoms with Crippen molar-refractivity contribution in [3.8, 4) is 5.75 Å². The molecule has 0 heterocycles. The molecule has 0 aliphatic rings. The van der Waals surface area contributed by atoms with Gasteiger partial charge >= 0.3 is 0 Å². The zero-order valence-corrected chi connectivity index (χ0v) is 14.2. The minimum absolute atomic E-state index is 0.568. The van der Waals surface area contributed by atoms with E-state index in [-0.39, 0.29) is 0 Å². The lowest BCUT2D eigenvalue weighted by Gasteiger charge is -2.10. The first kappa shape index (κ1) is 18.7.